The standard InChI is InChI=1S/C32H12BF24.C23H35N2/c34-25(35,36)13-1-14(26(37,38)39)6-21(5-13)33(22-7-15(27(40,41)42)2-16(8-22)28(43,44)45,23-9-17(29(46,47)48)3-18(10-23)30(49,50)51)24-11-19(31(52,53)54)4-20(12-24)32(55,56)57;1-2-3-4-5-6-7-8-9-10-14-17-23-21-25(19-18-24-23)20-22-15-12-11-13-16-22/h1-12H;11-13,15-16,18-19,21H,2-10,14,17,20H2,1H3/q-1;+1. The van der Waals surface area contributed by atoms with Crippen molar-refractivity contribution in [2.75, 3.05) is 0 Å². The first kappa shape index (κ1) is 66.4. The number of halogens is 24. The van der Waals surface area contributed by atoms with Crippen molar-refractivity contribution < 1.29 is 110 Å². The van der Waals surface area contributed by atoms with E-state index in [1.54, 1.807) is 0 Å². The Balaban J connectivity index is 0.000000409. The molecule has 0 aliphatic carbocycles. The zero-order valence-corrected chi connectivity index (χ0v) is 42.6. The third-order valence-corrected chi connectivity index (χ3v) is 13.2. The van der Waals surface area contributed by atoms with E-state index in [2.05, 4.69) is 59.2 Å². The number of alkyl halides is 24. The van der Waals surface area contributed by atoms with Crippen LogP contribution in [0.5, 0.6) is 0 Å². The lowest BCUT2D eigenvalue weighted by Crippen LogP contribution is -2.75. The van der Waals surface area contributed by atoms with Gasteiger partial charge in [0.25, 0.3) is 0 Å². The number of aryl methyl sites for hydroxylation is 1. The van der Waals surface area contributed by atoms with Crippen molar-refractivity contribution in [3.63, 3.8) is 0 Å². The van der Waals surface area contributed by atoms with Crippen LogP contribution in [0.4, 0.5) is 105 Å². The van der Waals surface area contributed by atoms with Gasteiger partial charge in [-0.1, -0.05) is 144 Å². The van der Waals surface area contributed by atoms with E-state index in [4.69, 9.17) is 0 Å². The van der Waals surface area contributed by atoms with E-state index in [1.807, 2.05) is 6.20 Å². The second kappa shape index (κ2) is 25.6. The Kier molecular flexibility index (Phi) is 20.7. The quantitative estimate of drug-likeness (QED) is 0.0385. The molecule has 0 saturated carbocycles. The Labute approximate surface area is 453 Å². The summed E-state index contributed by atoms with van der Waals surface area (Å²) in [5, 5.41) is 0. The lowest BCUT2D eigenvalue weighted by molar-refractivity contribution is -0.689. The molecule has 1 heterocycles. The molecule has 0 spiro atoms. The molecule has 6 rings (SSSR count). The van der Waals surface area contributed by atoms with E-state index in [1.165, 1.54) is 75.5 Å². The van der Waals surface area contributed by atoms with Gasteiger partial charge in [0.05, 0.1) is 50.7 Å². The molecule has 27 heteroatoms. The van der Waals surface area contributed by atoms with Crippen molar-refractivity contribution in [3.05, 3.63) is 177 Å². The third kappa shape index (κ3) is 17.8. The second-order valence-electron chi connectivity index (χ2n) is 19.4. The van der Waals surface area contributed by atoms with Crippen LogP contribution in [-0.4, -0.2) is 11.1 Å². The molecule has 0 radical (unpaired) electrons. The van der Waals surface area contributed by atoms with Gasteiger partial charge in [-0.15, -0.1) is 0 Å². The van der Waals surface area contributed by atoms with Crippen molar-refractivity contribution in [1.82, 2.24) is 4.98 Å². The molecule has 82 heavy (non-hydrogen) atoms. The normalized spacial score (nSPS) is 13.3. The molecule has 0 aliphatic rings. The summed E-state index contributed by atoms with van der Waals surface area (Å²) in [5.41, 5.74) is -27.6. The maximum atomic E-state index is 14.2. The van der Waals surface area contributed by atoms with Crippen LogP contribution in [0.2, 0.25) is 0 Å². The molecule has 0 fully saturated rings. The molecule has 0 atom stereocenters. The molecular weight excluding hydrogens is 1160 g/mol. The fourth-order valence-electron chi connectivity index (χ4n) is 9.37. The molecule has 1 aromatic heterocycles. The van der Waals surface area contributed by atoms with Crippen molar-refractivity contribution in [2.45, 2.75) is 134 Å². The second-order valence-corrected chi connectivity index (χ2v) is 19.4. The smallest absolute Gasteiger partial charge is 0.249 e. The average molecular weight is 1200 g/mol. The molecule has 0 bridgehead atoms. The molecule has 0 unspecified atom stereocenters. The summed E-state index contributed by atoms with van der Waals surface area (Å²) in [7, 11) is 0. The molecule has 0 aliphatic heterocycles. The fourth-order valence-corrected chi connectivity index (χ4v) is 9.37. The van der Waals surface area contributed by atoms with Crippen LogP contribution in [0, 0.1) is 0 Å². The van der Waals surface area contributed by atoms with E-state index >= 15 is 0 Å². The minimum absolute atomic E-state index is 0.691. The summed E-state index contributed by atoms with van der Waals surface area (Å²) < 4.78 is 343. The Bertz CT molecular complexity index is 2620. The van der Waals surface area contributed by atoms with E-state index in [9.17, 15) is 105 Å². The van der Waals surface area contributed by atoms with Crippen LogP contribution >= 0.6 is 0 Å². The molecule has 5 aromatic carbocycles. The Hall–Kier alpha value is -6.44. The highest BCUT2D eigenvalue weighted by atomic mass is 19.4. The first-order chi connectivity index (χ1) is 37.6. The van der Waals surface area contributed by atoms with Crippen molar-refractivity contribution in [2.24, 2.45) is 0 Å². The molecule has 2 nitrogen and oxygen atoms in total. The first-order valence-corrected chi connectivity index (χ1v) is 24.9. The first-order valence-electron chi connectivity index (χ1n) is 24.9. The molecule has 0 amide bonds. The van der Waals surface area contributed by atoms with E-state index in [0.717, 1.165) is 13.0 Å². The Morgan fingerprint density at radius 1 is 0.354 bits per heavy atom. The summed E-state index contributed by atoms with van der Waals surface area (Å²) in [6, 6.07) is 1.81. The Morgan fingerprint density at radius 2 is 0.622 bits per heavy atom. The number of nitrogens with zero attached hydrogens (tertiary/aromatic N) is 2. The van der Waals surface area contributed by atoms with Gasteiger partial charge in [0.1, 0.15) is 11.8 Å². The Morgan fingerprint density at radius 3 is 0.890 bits per heavy atom. The SMILES string of the molecule is CCCCCCCCCCCCc1c[n+](Cc2ccccc2)ccn1.FC(F)(F)c1cc([B-](c2cc(C(F)(F)F)cc(C(F)(F)F)c2)(c2cc(C(F)(F)F)cc(C(F)(F)F)c2)c2cc(C(F)(F)F)cc(C(F)(F)F)c2)cc(C(F)(F)F)c1. The average Bonchev–Trinajstić information content (AvgIpc) is 2.76. The molecule has 0 saturated heterocycles. The third-order valence-electron chi connectivity index (χ3n) is 13.2. The lowest BCUT2D eigenvalue weighted by Gasteiger charge is -2.46. The van der Waals surface area contributed by atoms with E-state index in [0.29, 0.717) is 0 Å². The van der Waals surface area contributed by atoms with Gasteiger partial charge in [0, 0.05) is 5.56 Å². The fraction of sp³-hybridized carbons (Fsp3) is 0.382. The summed E-state index contributed by atoms with van der Waals surface area (Å²) in [6.45, 7) is 3.21. The number of rotatable bonds is 17. The van der Waals surface area contributed by atoms with Crippen molar-refractivity contribution in [3.8, 4) is 0 Å². The maximum absolute atomic E-state index is 14.2. The van der Waals surface area contributed by atoms with E-state index in [-0.39, 0.29) is 0 Å². The number of unbranched alkanes of at least 4 members (excludes halogenated alkanes) is 9. The van der Waals surface area contributed by atoms with Crippen LogP contribution < -0.4 is 26.4 Å². The lowest BCUT2D eigenvalue weighted by atomic mass is 9.12. The van der Waals surface area contributed by atoms with Gasteiger partial charge >= 0.3 is 49.4 Å². The summed E-state index contributed by atoms with van der Waals surface area (Å²) in [5.74, 6) is 0. The number of hydrogen-bond acceptors (Lipinski definition) is 1. The van der Waals surface area contributed by atoms with Crippen LogP contribution in [0.25, 0.3) is 0 Å². The number of benzene rings is 5. The predicted octanol–water partition coefficient (Wildman–Crippen LogP) is 17.1. The van der Waals surface area contributed by atoms with Gasteiger partial charge < -0.3 is 0 Å². The van der Waals surface area contributed by atoms with Crippen molar-refractivity contribution >= 4 is 28.0 Å². The molecule has 0 N–H and O–H groups in total. The van der Waals surface area contributed by atoms with Gasteiger partial charge in [0.2, 0.25) is 0 Å². The van der Waals surface area contributed by atoms with Gasteiger partial charge in [-0.3, -0.25) is 0 Å². The summed E-state index contributed by atoms with van der Waals surface area (Å²) in [6.07, 6.45) is -33.6. The van der Waals surface area contributed by atoms with Gasteiger partial charge in [-0.05, 0) is 37.1 Å². The number of hydrogen-bond donors (Lipinski definition) is 0. The highest BCUT2D eigenvalue weighted by molar-refractivity contribution is 7.20. The highest BCUT2D eigenvalue weighted by Crippen LogP contribution is 2.41. The zero-order chi connectivity index (χ0) is 61.5. The number of aromatic nitrogens is 2. The molecule has 6 aromatic rings. The van der Waals surface area contributed by atoms with Crippen LogP contribution in [0.15, 0.2) is 122 Å². The zero-order valence-electron chi connectivity index (χ0n) is 42.6. The minimum Gasteiger partial charge on any atom is -0.249 e. The van der Waals surface area contributed by atoms with E-state index < -0.39 is 195 Å². The monoisotopic (exact) mass is 1200 g/mol. The molecule has 448 valence electrons. The van der Waals surface area contributed by atoms with Crippen LogP contribution in [-0.2, 0) is 62.4 Å². The van der Waals surface area contributed by atoms with Crippen LogP contribution in [0.1, 0.15) is 127 Å². The van der Waals surface area contributed by atoms with Gasteiger partial charge in [-0.25, -0.2) is 4.98 Å². The van der Waals surface area contributed by atoms with Gasteiger partial charge in [-0.2, -0.15) is 132 Å². The predicted molar refractivity (Wildman–Crippen MR) is 256 cm³/mol. The minimum atomic E-state index is -6.13. The van der Waals surface area contributed by atoms with Gasteiger partial charge in [0.15, 0.2) is 18.9 Å². The summed E-state index contributed by atoms with van der Waals surface area (Å²) in [4.78, 5) is 4.54. The molecular formula is C55H47BF24N2. The highest BCUT2D eigenvalue weighted by Gasteiger charge is 2.47. The topological polar surface area (TPSA) is 16.8 Å². The summed E-state index contributed by atoms with van der Waals surface area (Å²) >= 11 is 0. The van der Waals surface area contributed by atoms with Crippen molar-refractivity contribution in [1.29, 1.82) is 0 Å². The largest absolute Gasteiger partial charge is 0.416 e. The van der Waals surface area contributed by atoms with Crippen LogP contribution in [0.3, 0.4) is 0 Å². The maximum Gasteiger partial charge on any atom is 0.416 e.